The minimum absolute atomic E-state index is 0.184. The van der Waals surface area contributed by atoms with Crippen molar-refractivity contribution in [2.75, 3.05) is 19.8 Å². The molecule has 1 N–H and O–H groups in total. The molecule has 1 atom stereocenters. The fourth-order valence-corrected chi connectivity index (χ4v) is 5.86. The van der Waals surface area contributed by atoms with Crippen LogP contribution in [0.2, 0.25) is 0 Å². The zero-order valence-electron chi connectivity index (χ0n) is 33.6. The molecule has 0 aromatic rings. The lowest BCUT2D eigenvalue weighted by atomic mass is 10.0. The third-order valence-electron chi connectivity index (χ3n) is 9.05. The molecule has 0 aliphatic heterocycles. The van der Waals surface area contributed by atoms with Gasteiger partial charge in [0.2, 0.25) is 0 Å². The molecule has 0 saturated carbocycles. The molecule has 0 amide bonds. The third kappa shape index (κ3) is 42.1. The van der Waals surface area contributed by atoms with Crippen LogP contribution in [0.15, 0.2) is 72.9 Å². The Morgan fingerprint density at radius 1 is 0.490 bits per heavy atom. The number of allylic oxidation sites excluding steroid dienone is 12. The molecule has 0 fully saturated rings. The average molecular weight is 711 g/mol. The lowest BCUT2D eigenvalue weighted by Crippen LogP contribution is -2.27. The van der Waals surface area contributed by atoms with Gasteiger partial charge in [-0.05, 0) is 64.2 Å². The highest BCUT2D eigenvalue weighted by Gasteiger charge is 2.13. The van der Waals surface area contributed by atoms with Crippen molar-refractivity contribution < 1.29 is 19.4 Å². The second-order valence-electron chi connectivity index (χ2n) is 14.0. The van der Waals surface area contributed by atoms with Crippen LogP contribution in [0, 0.1) is 0 Å². The monoisotopic (exact) mass is 711 g/mol. The zero-order chi connectivity index (χ0) is 37.0. The SMILES string of the molecule is CC/C=C\C/C=C\C/C=C\C/C=C\C/C=C\C/C=C\CCCCCCC(=O)OC(CO)COCCCCCCCCCCCCCCCCCC. The Bertz CT molecular complexity index is 881. The van der Waals surface area contributed by atoms with E-state index >= 15 is 0 Å². The van der Waals surface area contributed by atoms with Crippen molar-refractivity contribution in [2.45, 2.75) is 200 Å². The smallest absolute Gasteiger partial charge is 0.306 e. The molecule has 0 aliphatic rings. The lowest BCUT2D eigenvalue weighted by Gasteiger charge is -2.15. The van der Waals surface area contributed by atoms with Crippen LogP contribution in [0.5, 0.6) is 0 Å². The van der Waals surface area contributed by atoms with E-state index in [4.69, 9.17) is 9.47 Å². The molecule has 0 saturated heterocycles. The molecule has 0 rings (SSSR count). The predicted molar refractivity (Wildman–Crippen MR) is 223 cm³/mol. The molecule has 4 nitrogen and oxygen atoms in total. The van der Waals surface area contributed by atoms with Gasteiger partial charge in [0.1, 0.15) is 6.10 Å². The molecular weight excluding hydrogens is 629 g/mol. The van der Waals surface area contributed by atoms with Crippen LogP contribution in [0.1, 0.15) is 194 Å². The summed E-state index contributed by atoms with van der Waals surface area (Å²) in [6.07, 6.45) is 59.6. The summed E-state index contributed by atoms with van der Waals surface area (Å²) < 4.78 is 11.1. The van der Waals surface area contributed by atoms with E-state index in [1.54, 1.807) is 0 Å². The number of carbonyl (C=O) groups excluding carboxylic acids is 1. The number of aliphatic hydroxyl groups excluding tert-OH is 1. The van der Waals surface area contributed by atoms with Crippen LogP contribution in [-0.4, -0.2) is 37.0 Å². The molecule has 51 heavy (non-hydrogen) atoms. The first-order chi connectivity index (χ1) is 25.2. The quantitative estimate of drug-likeness (QED) is 0.0392. The molecule has 0 heterocycles. The Balaban J connectivity index is 3.53. The van der Waals surface area contributed by atoms with Gasteiger partial charge in [0.05, 0.1) is 13.2 Å². The van der Waals surface area contributed by atoms with Gasteiger partial charge in [-0.1, -0.05) is 196 Å². The van der Waals surface area contributed by atoms with Gasteiger partial charge in [0.15, 0.2) is 0 Å². The first kappa shape index (κ1) is 48.8. The first-order valence-corrected chi connectivity index (χ1v) is 21.5. The van der Waals surface area contributed by atoms with E-state index in [1.165, 1.54) is 96.3 Å². The molecular formula is C47H82O4. The Kier molecular flexibility index (Phi) is 42.1. The molecule has 1 unspecified atom stereocenters. The van der Waals surface area contributed by atoms with Crippen molar-refractivity contribution in [3.63, 3.8) is 0 Å². The maximum Gasteiger partial charge on any atom is 0.306 e. The van der Waals surface area contributed by atoms with Gasteiger partial charge in [-0.15, -0.1) is 0 Å². The highest BCUT2D eigenvalue weighted by molar-refractivity contribution is 5.69. The molecule has 0 aliphatic carbocycles. The minimum Gasteiger partial charge on any atom is -0.457 e. The van der Waals surface area contributed by atoms with Gasteiger partial charge in [-0.2, -0.15) is 0 Å². The van der Waals surface area contributed by atoms with Crippen LogP contribution >= 0.6 is 0 Å². The molecule has 0 radical (unpaired) electrons. The van der Waals surface area contributed by atoms with Crippen LogP contribution in [-0.2, 0) is 14.3 Å². The summed E-state index contributed by atoms with van der Waals surface area (Å²) in [5, 5.41) is 9.60. The predicted octanol–water partition coefficient (Wildman–Crippen LogP) is 14.2. The van der Waals surface area contributed by atoms with Gasteiger partial charge in [0, 0.05) is 13.0 Å². The van der Waals surface area contributed by atoms with E-state index in [1.807, 2.05) is 0 Å². The number of rotatable bonds is 39. The highest BCUT2D eigenvalue weighted by Crippen LogP contribution is 2.14. The van der Waals surface area contributed by atoms with E-state index in [0.717, 1.165) is 77.0 Å². The van der Waals surface area contributed by atoms with Crippen molar-refractivity contribution in [2.24, 2.45) is 0 Å². The van der Waals surface area contributed by atoms with E-state index in [9.17, 15) is 9.90 Å². The Morgan fingerprint density at radius 3 is 1.33 bits per heavy atom. The van der Waals surface area contributed by atoms with Gasteiger partial charge in [0.25, 0.3) is 0 Å². The van der Waals surface area contributed by atoms with Gasteiger partial charge >= 0.3 is 5.97 Å². The van der Waals surface area contributed by atoms with Crippen LogP contribution in [0.25, 0.3) is 0 Å². The third-order valence-corrected chi connectivity index (χ3v) is 9.05. The number of ether oxygens (including phenoxy) is 2. The maximum atomic E-state index is 12.2. The van der Waals surface area contributed by atoms with E-state index in [0.29, 0.717) is 13.0 Å². The molecule has 4 heteroatoms. The van der Waals surface area contributed by atoms with Gasteiger partial charge in [-0.25, -0.2) is 0 Å². The maximum absolute atomic E-state index is 12.2. The Labute approximate surface area is 317 Å². The standard InChI is InChI=1S/C47H82O4/c1-3-5-7-9-11-13-15-17-19-21-22-23-24-25-26-27-28-30-32-34-36-38-40-42-47(49)51-46(44-48)45-50-43-41-39-37-35-33-31-29-20-18-16-14-12-10-8-6-4-2/h5,7,11,13,17,19,22-23,25-26,28,30,46,48H,3-4,6,8-10,12,14-16,18,20-21,24,27,29,31-45H2,1-2H3/b7-5-,13-11-,19-17-,23-22-,26-25-,30-28-. The molecule has 294 valence electrons. The summed E-state index contributed by atoms with van der Waals surface area (Å²) in [7, 11) is 0. The van der Waals surface area contributed by atoms with Crippen LogP contribution in [0.3, 0.4) is 0 Å². The number of carbonyl (C=O) groups is 1. The second kappa shape index (κ2) is 44.0. The second-order valence-corrected chi connectivity index (χ2v) is 14.0. The topological polar surface area (TPSA) is 55.8 Å². The van der Waals surface area contributed by atoms with Crippen LogP contribution in [0.4, 0.5) is 0 Å². The minimum atomic E-state index is -0.549. The van der Waals surface area contributed by atoms with Gasteiger partial charge < -0.3 is 14.6 Å². The largest absolute Gasteiger partial charge is 0.457 e. The Morgan fingerprint density at radius 2 is 0.882 bits per heavy atom. The summed E-state index contributed by atoms with van der Waals surface area (Å²) in [6.45, 7) is 5.21. The summed E-state index contributed by atoms with van der Waals surface area (Å²) in [4.78, 5) is 12.2. The normalized spacial score (nSPS) is 13.1. The van der Waals surface area contributed by atoms with Crippen molar-refractivity contribution in [1.82, 2.24) is 0 Å². The summed E-state index contributed by atoms with van der Waals surface area (Å²) in [5.41, 5.74) is 0. The fourth-order valence-electron chi connectivity index (χ4n) is 5.86. The highest BCUT2D eigenvalue weighted by atomic mass is 16.6. The Hall–Kier alpha value is -2.17. The summed E-state index contributed by atoms with van der Waals surface area (Å²) in [5.74, 6) is -0.225. The molecule has 0 aromatic carbocycles. The number of hydrogen-bond donors (Lipinski definition) is 1. The van der Waals surface area contributed by atoms with E-state index in [-0.39, 0.29) is 19.2 Å². The number of esters is 1. The zero-order valence-corrected chi connectivity index (χ0v) is 33.6. The summed E-state index contributed by atoms with van der Waals surface area (Å²) >= 11 is 0. The summed E-state index contributed by atoms with van der Waals surface area (Å²) in [6, 6.07) is 0. The van der Waals surface area contributed by atoms with Crippen molar-refractivity contribution in [3.05, 3.63) is 72.9 Å². The van der Waals surface area contributed by atoms with Crippen LogP contribution < -0.4 is 0 Å². The van der Waals surface area contributed by atoms with Crippen molar-refractivity contribution in [3.8, 4) is 0 Å². The molecule has 0 spiro atoms. The van der Waals surface area contributed by atoms with E-state index in [2.05, 4.69) is 86.8 Å². The number of unbranched alkanes of at least 4 members (excludes halogenated alkanes) is 19. The number of aliphatic hydroxyl groups is 1. The lowest BCUT2D eigenvalue weighted by molar-refractivity contribution is -0.154. The number of hydrogen-bond acceptors (Lipinski definition) is 4. The first-order valence-electron chi connectivity index (χ1n) is 21.5. The van der Waals surface area contributed by atoms with Crippen molar-refractivity contribution >= 4 is 5.97 Å². The van der Waals surface area contributed by atoms with Gasteiger partial charge in [-0.3, -0.25) is 4.79 Å². The average Bonchev–Trinajstić information content (AvgIpc) is 3.14. The fraction of sp³-hybridized carbons (Fsp3) is 0.723. The van der Waals surface area contributed by atoms with Crippen molar-refractivity contribution in [1.29, 1.82) is 0 Å². The molecule has 0 bridgehead atoms. The van der Waals surface area contributed by atoms with E-state index < -0.39 is 6.10 Å². The molecule has 0 aromatic heterocycles.